The summed E-state index contributed by atoms with van der Waals surface area (Å²) in [5, 5.41) is 9.19. The number of ether oxygens (including phenoxy) is 1. The lowest BCUT2D eigenvalue weighted by molar-refractivity contribution is -0.127. The van der Waals surface area contributed by atoms with Crippen molar-refractivity contribution in [2.45, 2.75) is 6.42 Å². The fourth-order valence-electron chi connectivity index (χ4n) is 2.19. The molecule has 2 rings (SSSR count). The van der Waals surface area contributed by atoms with Crippen LogP contribution in [0.4, 0.5) is 5.69 Å². The molecule has 1 saturated heterocycles. The average Bonchev–Trinajstić information content (AvgIpc) is 2.60. The highest BCUT2D eigenvalue weighted by Crippen LogP contribution is 2.26. The number of anilines is 1. The van der Waals surface area contributed by atoms with E-state index in [0.29, 0.717) is 17.9 Å². The second kappa shape index (κ2) is 5.61. The highest BCUT2D eigenvalue weighted by atomic mass is 16.5. The standard InChI is InChI=1S/C14H17N3O2/c1-16-6-3-7-17(10-14(16)18)13-8-12(19-2)5-4-11(13)9-15/h4-5,8H,3,6-7,10H2,1-2H3. The van der Waals surface area contributed by atoms with Crippen LogP contribution in [0.25, 0.3) is 0 Å². The van der Waals surface area contributed by atoms with Crippen molar-refractivity contribution in [3.05, 3.63) is 23.8 Å². The summed E-state index contributed by atoms with van der Waals surface area (Å²) in [5.41, 5.74) is 1.34. The third-order valence-corrected chi connectivity index (χ3v) is 3.34. The summed E-state index contributed by atoms with van der Waals surface area (Å²) < 4.78 is 5.19. The lowest BCUT2D eigenvalue weighted by Gasteiger charge is -2.23. The Morgan fingerprint density at radius 1 is 1.37 bits per heavy atom. The first-order chi connectivity index (χ1) is 9.15. The fourth-order valence-corrected chi connectivity index (χ4v) is 2.19. The molecule has 1 aromatic carbocycles. The molecule has 1 aliphatic heterocycles. The molecule has 0 aliphatic carbocycles. The van der Waals surface area contributed by atoms with E-state index in [9.17, 15) is 10.1 Å². The van der Waals surface area contributed by atoms with Gasteiger partial charge in [0.2, 0.25) is 5.91 Å². The van der Waals surface area contributed by atoms with E-state index in [0.717, 1.165) is 25.2 Å². The van der Waals surface area contributed by atoms with E-state index in [4.69, 9.17) is 4.74 Å². The van der Waals surface area contributed by atoms with Gasteiger partial charge in [-0.05, 0) is 18.6 Å². The van der Waals surface area contributed by atoms with Crippen LogP contribution in [0.5, 0.6) is 5.75 Å². The van der Waals surface area contributed by atoms with Crippen LogP contribution in [-0.4, -0.2) is 44.6 Å². The number of nitriles is 1. The van der Waals surface area contributed by atoms with Crippen molar-refractivity contribution in [2.75, 3.05) is 38.7 Å². The van der Waals surface area contributed by atoms with Crippen LogP contribution in [0.15, 0.2) is 18.2 Å². The number of carbonyl (C=O) groups excluding carboxylic acids is 1. The van der Waals surface area contributed by atoms with Gasteiger partial charge < -0.3 is 14.5 Å². The molecule has 5 heteroatoms. The fraction of sp³-hybridized carbons (Fsp3) is 0.429. The first-order valence-corrected chi connectivity index (χ1v) is 6.22. The molecule has 0 aromatic heterocycles. The van der Waals surface area contributed by atoms with Gasteiger partial charge in [0, 0.05) is 26.2 Å². The topological polar surface area (TPSA) is 56.6 Å². The molecule has 0 bridgehead atoms. The monoisotopic (exact) mass is 259 g/mol. The largest absolute Gasteiger partial charge is 0.497 e. The van der Waals surface area contributed by atoms with Crippen LogP contribution in [0.1, 0.15) is 12.0 Å². The molecular weight excluding hydrogens is 242 g/mol. The number of hydrogen-bond donors (Lipinski definition) is 0. The first-order valence-electron chi connectivity index (χ1n) is 6.22. The summed E-state index contributed by atoms with van der Waals surface area (Å²) in [7, 11) is 3.40. The Hall–Kier alpha value is -2.22. The maximum Gasteiger partial charge on any atom is 0.241 e. The molecule has 1 heterocycles. The van der Waals surface area contributed by atoms with Crippen molar-refractivity contribution in [1.82, 2.24) is 4.90 Å². The highest BCUT2D eigenvalue weighted by Gasteiger charge is 2.21. The Morgan fingerprint density at radius 2 is 2.16 bits per heavy atom. The van der Waals surface area contributed by atoms with Crippen LogP contribution >= 0.6 is 0 Å². The van der Waals surface area contributed by atoms with Crippen molar-refractivity contribution >= 4 is 11.6 Å². The van der Waals surface area contributed by atoms with Crippen LogP contribution in [0.3, 0.4) is 0 Å². The average molecular weight is 259 g/mol. The number of nitrogens with zero attached hydrogens (tertiary/aromatic N) is 3. The Morgan fingerprint density at radius 3 is 2.84 bits per heavy atom. The SMILES string of the molecule is COc1ccc(C#N)c(N2CCCN(C)C(=O)C2)c1. The molecule has 0 N–H and O–H groups in total. The van der Waals surface area contributed by atoms with E-state index in [1.807, 2.05) is 18.0 Å². The summed E-state index contributed by atoms with van der Waals surface area (Å²) in [5.74, 6) is 0.767. The van der Waals surface area contributed by atoms with Gasteiger partial charge in [-0.25, -0.2) is 0 Å². The zero-order valence-corrected chi connectivity index (χ0v) is 11.2. The Balaban J connectivity index is 2.34. The zero-order valence-electron chi connectivity index (χ0n) is 11.2. The third kappa shape index (κ3) is 2.79. The van der Waals surface area contributed by atoms with Gasteiger partial charge >= 0.3 is 0 Å². The molecule has 0 radical (unpaired) electrons. The Labute approximate surface area is 113 Å². The zero-order chi connectivity index (χ0) is 13.8. The quantitative estimate of drug-likeness (QED) is 0.801. The molecule has 100 valence electrons. The van der Waals surface area contributed by atoms with Crippen molar-refractivity contribution < 1.29 is 9.53 Å². The van der Waals surface area contributed by atoms with E-state index in [-0.39, 0.29) is 5.91 Å². The number of methoxy groups -OCH3 is 1. The molecule has 5 nitrogen and oxygen atoms in total. The van der Waals surface area contributed by atoms with Crippen molar-refractivity contribution in [3.63, 3.8) is 0 Å². The third-order valence-electron chi connectivity index (χ3n) is 3.34. The van der Waals surface area contributed by atoms with E-state index >= 15 is 0 Å². The number of benzene rings is 1. The summed E-state index contributed by atoms with van der Waals surface area (Å²) in [6, 6.07) is 7.47. The molecule has 0 spiro atoms. The van der Waals surface area contributed by atoms with Crippen LogP contribution in [0.2, 0.25) is 0 Å². The summed E-state index contributed by atoms with van der Waals surface area (Å²) in [4.78, 5) is 15.6. The summed E-state index contributed by atoms with van der Waals surface area (Å²) in [6.07, 6.45) is 0.893. The van der Waals surface area contributed by atoms with E-state index in [1.165, 1.54) is 0 Å². The van der Waals surface area contributed by atoms with E-state index in [2.05, 4.69) is 6.07 Å². The smallest absolute Gasteiger partial charge is 0.241 e. The summed E-state index contributed by atoms with van der Waals surface area (Å²) >= 11 is 0. The van der Waals surface area contributed by atoms with E-state index < -0.39 is 0 Å². The molecular formula is C14H17N3O2. The minimum absolute atomic E-state index is 0.0733. The Bertz CT molecular complexity index is 522. The van der Waals surface area contributed by atoms with E-state index in [1.54, 1.807) is 24.1 Å². The van der Waals surface area contributed by atoms with Gasteiger partial charge in [0.25, 0.3) is 0 Å². The van der Waals surface area contributed by atoms with Crippen LogP contribution in [0, 0.1) is 11.3 Å². The number of rotatable bonds is 2. The number of hydrogen-bond acceptors (Lipinski definition) is 4. The van der Waals surface area contributed by atoms with Gasteiger partial charge in [-0.2, -0.15) is 5.26 Å². The van der Waals surface area contributed by atoms with Gasteiger partial charge in [0.15, 0.2) is 0 Å². The van der Waals surface area contributed by atoms with Crippen LogP contribution < -0.4 is 9.64 Å². The molecule has 1 aliphatic rings. The summed E-state index contributed by atoms with van der Waals surface area (Å²) in [6.45, 7) is 1.82. The second-order valence-corrected chi connectivity index (χ2v) is 4.59. The molecule has 1 fully saturated rings. The highest BCUT2D eigenvalue weighted by molar-refractivity contribution is 5.82. The molecule has 0 unspecified atom stereocenters. The maximum absolute atomic E-state index is 11.9. The van der Waals surface area contributed by atoms with Gasteiger partial charge in [-0.15, -0.1) is 0 Å². The van der Waals surface area contributed by atoms with Gasteiger partial charge in [0.1, 0.15) is 11.8 Å². The molecule has 19 heavy (non-hydrogen) atoms. The molecule has 0 atom stereocenters. The van der Waals surface area contributed by atoms with Crippen LogP contribution in [-0.2, 0) is 4.79 Å². The van der Waals surface area contributed by atoms with Gasteiger partial charge in [-0.3, -0.25) is 4.79 Å². The molecule has 0 saturated carbocycles. The second-order valence-electron chi connectivity index (χ2n) is 4.59. The maximum atomic E-state index is 11.9. The van der Waals surface area contributed by atoms with Crippen molar-refractivity contribution in [2.24, 2.45) is 0 Å². The van der Waals surface area contributed by atoms with Crippen molar-refractivity contribution in [1.29, 1.82) is 5.26 Å². The molecule has 1 amide bonds. The van der Waals surface area contributed by atoms with Crippen molar-refractivity contribution in [3.8, 4) is 11.8 Å². The first kappa shape index (κ1) is 13.2. The number of likely N-dealkylation sites (N-methyl/N-ethyl adjacent to an activating group) is 1. The predicted octanol–water partition coefficient (Wildman–Crippen LogP) is 1.24. The van der Waals surface area contributed by atoms with Gasteiger partial charge in [0.05, 0.1) is 24.9 Å². The minimum atomic E-state index is 0.0733. The van der Waals surface area contributed by atoms with Gasteiger partial charge in [-0.1, -0.05) is 0 Å². The Kier molecular flexibility index (Phi) is 3.91. The molecule has 1 aromatic rings. The lowest BCUT2D eigenvalue weighted by atomic mass is 10.1. The minimum Gasteiger partial charge on any atom is -0.497 e. The number of amides is 1. The lowest BCUT2D eigenvalue weighted by Crippen LogP contribution is -2.34. The predicted molar refractivity (Wildman–Crippen MR) is 72.2 cm³/mol. The normalized spacial score (nSPS) is 15.9. The number of carbonyl (C=O) groups is 1.